The molecule has 0 spiro atoms. The van der Waals surface area contributed by atoms with Crippen molar-refractivity contribution in [3.05, 3.63) is 143 Å². The second kappa shape index (κ2) is 9.78. The molecule has 0 unspecified atom stereocenters. The van der Waals surface area contributed by atoms with Crippen molar-refractivity contribution in [2.24, 2.45) is 0 Å². The average molecular weight is 504 g/mol. The lowest BCUT2D eigenvalue weighted by atomic mass is 10.1. The normalized spacial score (nSPS) is 14.4. The molecule has 1 aliphatic rings. The van der Waals surface area contributed by atoms with Crippen molar-refractivity contribution in [1.29, 1.82) is 0 Å². The number of amides is 1. The van der Waals surface area contributed by atoms with E-state index in [2.05, 4.69) is 0 Å². The molecule has 1 aromatic heterocycles. The maximum atomic E-state index is 13.7. The van der Waals surface area contributed by atoms with E-state index >= 15 is 0 Å². The molecule has 186 valence electrons. The van der Waals surface area contributed by atoms with Gasteiger partial charge in [-0.3, -0.25) is 9.69 Å². The Morgan fingerprint density at radius 3 is 2.24 bits per heavy atom. The van der Waals surface area contributed by atoms with E-state index in [0.717, 1.165) is 16.8 Å². The Kier molecular flexibility index (Phi) is 6.01. The largest absolute Gasteiger partial charge is 0.433 e. The first kappa shape index (κ1) is 23.4. The number of rotatable bonds is 6. The first-order chi connectivity index (χ1) is 18.6. The van der Waals surface area contributed by atoms with Crippen LogP contribution in [0.15, 0.2) is 115 Å². The SMILES string of the molecule is O=C(O[C@@H]1c2ccccc2C(=O)N1Cc1ccc(F)cc1)c1cn(-c2ccccc2)nc1-c1ccccc1. The van der Waals surface area contributed by atoms with Crippen LogP contribution in [0.25, 0.3) is 16.9 Å². The highest BCUT2D eigenvalue weighted by Gasteiger charge is 2.39. The molecule has 1 atom stereocenters. The standard InChI is InChI=1S/C31H22FN3O3/c32-23-17-15-21(16-18-23)19-34-29(36)25-13-7-8-14-26(25)30(34)38-31(37)27-20-35(24-11-5-2-6-12-24)33-28(27)22-9-3-1-4-10-22/h1-18,20,30H,19H2/t30-/m1/s1. The molecule has 0 radical (unpaired) electrons. The van der Waals surface area contributed by atoms with Gasteiger partial charge in [-0.25, -0.2) is 13.9 Å². The number of aromatic nitrogens is 2. The smallest absolute Gasteiger partial charge is 0.344 e. The minimum Gasteiger partial charge on any atom is -0.433 e. The Morgan fingerprint density at radius 2 is 1.50 bits per heavy atom. The van der Waals surface area contributed by atoms with E-state index < -0.39 is 12.2 Å². The summed E-state index contributed by atoms with van der Waals surface area (Å²) in [5.74, 6) is -1.23. The van der Waals surface area contributed by atoms with Crippen molar-refractivity contribution in [3.8, 4) is 16.9 Å². The van der Waals surface area contributed by atoms with Crippen LogP contribution in [0, 0.1) is 5.82 Å². The number of carbonyl (C=O) groups is 2. The summed E-state index contributed by atoms with van der Waals surface area (Å²) in [7, 11) is 0. The number of esters is 1. The van der Waals surface area contributed by atoms with Crippen LogP contribution in [0.2, 0.25) is 0 Å². The maximum absolute atomic E-state index is 13.7. The number of benzene rings is 4. The van der Waals surface area contributed by atoms with Crippen LogP contribution in [0.5, 0.6) is 0 Å². The zero-order chi connectivity index (χ0) is 26.1. The summed E-state index contributed by atoms with van der Waals surface area (Å²) in [6.07, 6.45) is 0.701. The summed E-state index contributed by atoms with van der Waals surface area (Å²) in [4.78, 5) is 28.5. The molecule has 1 aliphatic heterocycles. The Morgan fingerprint density at radius 1 is 0.842 bits per heavy atom. The molecule has 0 fully saturated rings. The number of carbonyl (C=O) groups excluding carboxylic acids is 2. The lowest BCUT2D eigenvalue weighted by Gasteiger charge is -2.25. The predicted octanol–water partition coefficient (Wildman–Crippen LogP) is 6.19. The summed E-state index contributed by atoms with van der Waals surface area (Å²) < 4.78 is 21.2. The molecule has 0 saturated carbocycles. The van der Waals surface area contributed by atoms with Gasteiger partial charge in [0.25, 0.3) is 5.91 Å². The molecule has 5 aromatic rings. The molecular weight excluding hydrogens is 481 g/mol. The Labute approximate surface area is 218 Å². The first-order valence-electron chi connectivity index (χ1n) is 12.1. The fourth-order valence-electron chi connectivity index (χ4n) is 4.61. The second-order valence-corrected chi connectivity index (χ2v) is 8.94. The quantitative estimate of drug-likeness (QED) is 0.259. The molecule has 0 saturated heterocycles. The highest BCUT2D eigenvalue weighted by Crippen LogP contribution is 2.37. The first-order valence-corrected chi connectivity index (χ1v) is 12.1. The van der Waals surface area contributed by atoms with Gasteiger partial charge >= 0.3 is 5.97 Å². The van der Waals surface area contributed by atoms with Crippen LogP contribution in [0.1, 0.15) is 38.1 Å². The van der Waals surface area contributed by atoms with Gasteiger partial charge in [0.1, 0.15) is 17.1 Å². The third-order valence-corrected chi connectivity index (χ3v) is 6.49. The van der Waals surface area contributed by atoms with Crippen LogP contribution >= 0.6 is 0 Å². The lowest BCUT2D eigenvalue weighted by Crippen LogP contribution is -2.30. The maximum Gasteiger partial charge on any atom is 0.344 e. The van der Waals surface area contributed by atoms with Gasteiger partial charge in [0.2, 0.25) is 6.23 Å². The van der Waals surface area contributed by atoms with E-state index in [1.807, 2.05) is 60.7 Å². The van der Waals surface area contributed by atoms with Gasteiger partial charge < -0.3 is 4.74 Å². The van der Waals surface area contributed by atoms with Gasteiger partial charge in [-0.05, 0) is 35.9 Å². The van der Waals surface area contributed by atoms with E-state index in [9.17, 15) is 14.0 Å². The molecule has 7 heteroatoms. The number of ether oxygens (including phenoxy) is 1. The lowest BCUT2D eigenvalue weighted by molar-refractivity contribution is -0.0211. The average Bonchev–Trinajstić information content (AvgIpc) is 3.52. The van der Waals surface area contributed by atoms with Crippen LogP contribution in [-0.4, -0.2) is 26.6 Å². The molecule has 1 amide bonds. The van der Waals surface area contributed by atoms with Gasteiger partial charge in [0.15, 0.2) is 0 Å². The van der Waals surface area contributed by atoms with Crippen molar-refractivity contribution >= 4 is 11.9 Å². The number of hydrogen-bond donors (Lipinski definition) is 0. The van der Waals surface area contributed by atoms with E-state index in [-0.39, 0.29) is 23.8 Å². The van der Waals surface area contributed by atoms with Crippen LogP contribution in [0.4, 0.5) is 4.39 Å². The predicted molar refractivity (Wildman–Crippen MR) is 140 cm³/mol. The van der Waals surface area contributed by atoms with Crippen molar-refractivity contribution in [2.75, 3.05) is 0 Å². The third kappa shape index (κ3) is 4.35. The molecule has 2 heterocycles. The Hall–Kier alpha value is -5.04. The van der Waals surface area contributed by atoms with Gasteiger partial charge in [-0.2, -0.15) is 5.10 Å². The van der Waals surface area contributed by atoms with E-state index in [4.69, 9.17) is 9.84 Å². The zero-order valence-electron chi connectivity index (χ0n) is 20.2. The van der Waals surface area contributed by atoms with E-state index in [1.54, 1.807) is 47.3 Å². The van der Waals surface area contributed by atoms with Crippen LogP contribution < -0.4 is 0 Å². The highest BCUT2D eigenvalue weighted by molar-refractivity contribution is 6.00. The van der Waals surface area contributed by atoms with Gasteiger partial charge in [-0.15, -0.1) is 0 Å². The zero-order valence-corrected chi connectivity index (χ0v) is 20.2. The molecule has 0 aliphatic carbocycles. The van der Waals surface area contributed by atoms with Gasteiger partial charge in [-0.1, -0.05) is 78.9 Å². The van der Waals surface area contributed by atoms with Crippen LogP contribution in [-0.2, 0) is 11.3 Å². The third-order valence-electron chi connectivity index (χ3n) is 6.49. The van der Waals surface area contributed by atoms with Crippen molar-refractivity contribution < 1.29 is 18.7 Å². The Bertz CT molecular complexity index is 1620. The fourth-order valence-corrected chi connectivity index (χ4v) is 4.61. The molecule has 38 heavy (non-hydrogen) atoms. The fraction of sp³-hybridized carbons (Fsp3) is 0.0645. The molecule has 6 nitrogen and oxygen atoms in total. The molecule has 4 aromatic carbocycles. The summed E-state index contributed by atoms with van der Waals surface area (Å²) in [6, 6.07) is 31.9. The van der Waals surface area contributed by atoms with E-state index in [1.165, 1.54) is 17.0 Å². The van der Waals surface area contributed by atoms with Crippen molar-refractivity contribution in [1.82, 2.24) is 14.7 Å². The van der Waals surface area contributed by atoms with Crippen LogP contribution in [0.3, 0.4) is 0 Å². The highest BCUT2D eigenvalue weighted by atomic mass is 19.1. The number of fused-ring (bicyclic) bond motifs is 1. The molecular formula is C31H22FN3O3. The topological polar surface area (TPSA) is 64.4 Å². The number of hydrogen-bond acceptors (Lipinski definition) is 4. The van der Waals surface area contributed by atoms with Crippen molar-refractivity contribution in [3.63, 3.8) is 0 Å². The summed E-state index contributed by atoms with van der Waals surface area (Å²) in [6.45, 7) is 0.153. The van der Waals surface area contributed by atoms with Gasteiger partial charge in [0.05, 0.1) is 5.69 Å². The summed E-state index contributed by atoms with van der Waals surface area (Å²) >= 11 is 0. The van der Waals surface area contributed by atoms with E-state index in [0.29, 0.717) is 16.8 Å². The summed E-state index contributed by atoms with van der Waals surface area (Å²) in [5.41, 5.74) is 4.10. The van der Waals surface area contributed by atoms with Crippen molar-refractivity contribution in [2.45, 2.75) is 12.8 Å². The minimum absolute atomic E-state index is 0.153. The Balaban J connectivity index is 1.38. The minimum atomic E-state index is -0.944. The molecule has 0 bridgehead atoms. The summed E-state index contributed by atoms with van der Waals surface area (Å²) in [5, 5.41) is 4.70. The number of halogens is 1. The molecule has 6 rings (SSSR count). The van der Waals surface area contributed by atoms with Gasteiger partial charge in [0, 0.05) is 29.4 Å². The monoisotopic (exact) mass is 503 g/mol. The number of para-hydroxylation sites is 1. The second-order valence-electron chi connectivity index (χ2n) is 8.94. The number of nitrogens with zero attached hydrogens (tertiary/aromatic N) is 3. The molecule has 0 N–H and O–H groups in total.